The smallest absolute Gasteiger partial charge is 0.293 e. The quantitative estimate of drug-likeness (QED) is 0.519. The third kappa shape index (κ3) is 3.43. The number of thiazole rings is 1. The number of aryl methyl sites for hydroxylation is 2. The largest absolute Gasteiger partial charge is 0.374 e. The van der Waals surface area contributed by atoms with Crippen molar-refractivity contribution in [1.29, 1.82) is 0 Å². The Labute approximate surface area is 126 Å². The molecule has 110 valence electrons. The minimum absolute atomic E-state index is 0.104. The maximum atomic E-state index is 11.3. The first-order valence-electron chi connectivity index (χ1n) is 6.34. The normalized spacial score (nSPS) is 10.4. The van der Waals surface area contributed by atoms with Crippen molar-refractivity contribution in [2.45, 2.75) is 27.3 Å². The Balaban J connectivity index is 2.25. The minimum atomic E-state index is -0.492. The van der Waals surface area contributed by atoms with Crippen LogP contribution >= 0.6 is 11.3 Å². The van der Waals surface area contributed by atoms with E-state index in [2.05, 4.69) is 10.3 Å². The number of nitro benzene ring substituents is 1. The first kappa shape index (κ1) is 15.1. The van der Waals surface area contributed by atoms with E-state index in [1.807, 2.05) is 13.8 Å². The second-order valence-electron chi connectivity index (χ2n) is 4.63. The summed E-state index contributed by atoms with van der Waals surface area (Å²) in [6, 6.07) is 4.43. The Bertz CT molecular complexity index is 709. The molecule has 21 heavy (non-hydrogen) atoms. The molecule has 1 heterocycles. The van der Waals surface area contributed by atoms with Crippen molar-refractivity contribution in [2.24, 2.45) is 0 Å². The zero-order valence-electron chi connectivity index (χ0n) is 12.0. The molecular weight excluding hydrogens is 290 g/mol. The van der Waals surface area contributed by atoms with Crippen LogP contribution in [0.4, 0.5) is 11.4 Å². The predicted octanol–water partition coefficient (Wildman–Crippen LogP) is 3.48. The zero-order valence-corrected chi connectivity index (χ0v) is 12.8. The van der Waals surface area contributed by atoms with Crippen molar-refractivity contribution < 1.29 is 9.72 Å². The molecule has 0 saturated heterocycles. The highest BCUT2D eigenvalue weighted by Crippen LogP contribution is 2.27. The van der Waals surface area contributed by atoms with Crippen molar-refractivity contribution >= 4 is 28.5 Å². The Hall–Kier alpha value is -2.28. The van der Waals surface area contributed by atoms with Crippen LogP contribution in [-0.4, -0.2) is 15.7 Å². The van der Waals surface area contributed by atoms with Gasteiger partial charge in [-0.25, -0.2) is 4.98 Å². The van der Waals surface area contributed by atoms with Crippen molar-refractivity contribution in [3.8, 4) is 0 Å². The fraction of sp³-hybridized carbons (Fsp3) is 0.286. The number of nitrogens with zero attached hydrogens (tertiary/aromatic N) is 2. The molecule has 7 heteroatoms. The van der Waals surface area contributed by atoms with Crippen LogP contribution in [0.15, 0.2) is 18.2 Å². The highest BCUT2D eigenvalue weighted by molar-refractivity contribution is 7.11. The number of hydrogen-bond acceptors (Lipinski definition) is 6. The van der Waals surface area contributed by atoms with Crippen molar-refractivity contribution in [2.75, 3.05) is 5.32 Å². The number of ketones is 1. The Morgan fingerprint density at radius 3 is 2.67 bits per heavy atom. The molecule has 0 amide bonds. The molecule has 0 radical (unpaired) electrons. The summed E-state index contributed by atoms with van der Waals surface area (Å²) in [7, 11) is 0. The van der Waals surface area contributed by atoms with Gasteiger partial charge in [-0.3, -0.25) is 14.9 Å². The number of nitrogens with one attached hydrogen (secondary N) is 1. The number of benzene rings is 1. The molecule has 0 aliphatic heterocycles. The number of nitro groups is 1. The minimum Gasteiger partial charge on any atom is -0.374 e. The van der Waals surface area contributed by atoms with Crippen molar-refractivity contribution in [3.63, 3.8) is 0 Å². The van der Waals surface area contributed by atoms with E-state index >= 15 is 0 Å². The number of Topliss-reactive ketones (excluding diaryl/α,β-unsaturated/α-hetero) is 1. The van der Waals surface area contributed by atoms with Crippen molar-refractivity contribution in [1.82, 2.24) is 4.98 Å². The molecule has 1 aromatic carbocycles. The summed E-state index contributed by atoms with van der Waals surface area (Å²) in [6.07, 6.45) is 0. The summed E-state index contributed by atoms with van der Waals surface area (Å²) >= 11 is 1.59. The number of carbonyl (C=O) groups is 1. The van der Waals surface area contributed by atoms with Crippen LogP contribution in [0, 0.1) is 24.0 Å². The number of rotatable bonds is 5. The molecule has 1 aromatic heterocycles. The molecule has 0 saturated carbocycles. The molecule has 6 nitrogen and oxygen atoms in total. The van der Waals surface area contributed by atoms with Gasteiger partial charge in [0.15, 0.2) is 5.78 Å². The van der Waals surface area contributed by atoms with Crippen LogP contribution in [-0.2, 0) is 6.54 Å². The highest BCUT2D eigenvalue weighted by Gasteiger charge is 2.16. The van der Waals surface area contributed by atoms with Gasteiger partial charge < -0.3 is 5.32 Å². The summed E-state index contributed by atoms with van der Waals surface area (Å²) in [5.74, 6) is -0.198. The topological polar surface area (TPSA) is 85.1 Å². The second-order valence-corrected chi connectivity index (χ2v) is 6.04. The van der Waals surface area contributed by atoms with Gasteiger partial charge in [0.25, 0.3) is 5.69 Å². The lowest BCUT2D eigenvalue weighted by Crippen LogP contribution is -2.05. The molecule has 0 unspecified atom stereocenters. The summed E-state index contributed by atoms with van der Waals surface area (Å²) in [6.45, 7) is 5.68. The third-order valence-corrected chi connectivity index (χ3v) is 3.98. The summed E-state index contributed by atoms with van der Waals surface area (Å²) in [5, 5.41) is 15.1. The van der Waals surface area contributed by atoms with E-state index in [9.17, 15) is 14.9 Å². The molecule has 0 fully saturated rings. The summed E-state index contributed by atoms with van der Waals surface area (Å²) in [5.41, 5.74) is 1.48. The molecular formula is C14H15N3O3S. The van der Waals surface area contributed by atoms with Crippen LogP contribution in [0.3, 0.4) is 0 Å². The lowest BCUT2D eigenvalue weighted by molar-refractivity contribution is -0.384. The van der Waals surface area contributed by atoms with Gasteiger partial charge >= 0.3 is 0 Å². The van der Waals surface area contributed by atoms with Crippen LogP contribution in [0.25, 0.3) is 0 Å². The predicted molar refractivity (Wildman–Crippen MR) is 82.0 cm³/mol. The van der Waals surface area contributed by atoms with E-state index in [0.717, 1.165) is 15.6 Å². The Kier molecular flexibility index (Phi) is 4.32. The van der Waals surface area contributed by atoms with Crippen molar-refractivity contribution in [3.05, 3.63) is 49.5 Å². The molecule has 0 spiro atoms. The molecule has 0 aliphatic rings. The van der Waals surface area contributed by atoms with E-state index in [1.165, 1.54) is 13.0 Å². The van der Waals surface area contributed by atoms with Gasteiger partial charge in [0.2, 0.25) is 0 Å². The lowest BCUT2D eigenvalue weighted by Gasteiger charge is -2.07. The first-order valence-corrected chi connectivity index (χ1v) is 7.16. The van der Waals surface area contributed by atoms with Crippen LogP contribution in [0.5, 0.6) is 0 Å². The first-order chi connectivity index (χ1) is 9.88. The van der Waals surface area contributed by atoms with E-state index < -0.39 is 4.92 Å². The van der Waals surface area contributed by atoms with Gasteiger partial charge in [0.05, 0.1) is 22.2 Å². The average Bonchev–Trinajstić information content (AvgIpc) is 2.74. The number of carbonyl (C=O) groups excluding carboxylic acids is 1. The second kappa shape index (κ2) is 6.01. The molecule has 2 rings (SSSR count). The van der Waals surface area contributed by atoms with E-state index in [0.29, 0.717) is 17.8 Å². The molecule has 0 bridgehead atoms. The standard InChI is InChI=1S/C14H15N3O3S/c1-8(18)11-4-5-12(14(6-11)17(19)20)15-7-13-9(2)21-10(3)16-13/h4-6,15H,7H2,1-3H3. The maximum absolute atomic E-state index is 11.3. The fourth-order valence-electron chi connectivity index (χ4n) is 1.97. The van der Waals surface area contributed by atoms with E-state index in [4.69, 9.17) is 0 Å². The molecule has 0 atom stereocenters. The molecule has 2 aromatic rings. The van der Waals surface area contributed by atoms with E-state index in [-0.39, 0.29) is 11.5 Å². The lowest BCUT2D eigenvalue weighted by atomic mass is 10.1. The van der Waals surface area contributed by atoms with Gasteiger partial charge in [0, 0.05) is 16.5 Å². The Morgan fingerprint density at radius 2 is 2.14 bits per heavy atom. The van der Waals surface area contributed by atoms with Crippen LogP contribution < -0.4 is 5.32 Å². The SMILES string of the molecule is CC(=O)c1ccc(NCc2nc(C)sc2C)c([N+](=O)[O-])c1. The average molecular weight is 305 g/mol. The monoisotopic (exact) mass is 305 g/mol. The van der Waals surface area contributed by atoms with Gasteiger partial charge in [-0.1, -0.05) is 0 Å². The summed E-state index contributed by atoms with van der Waals surface area (Å²) < 4.78 is 0. The summed E-state index contributed by atoms with van der Waals surface area (Å²) in [4.78, 5) is 27.4. The molecule has 0 aliphatic carbocycles. The Morgan fingerprint density at radius 1 is 1.43 bits per heavy atom. The zero-order chi connectivity index (χ0) is 15.6. The van der Waals surface area contributed by atoms with Crippen LogP contribution in [0.2, 0.25) is 0 Å². The van der Waals surface area contributed by atoms with Gasteiger partial charge in [-0.05, 0) is 32.9 Å². The number of hydrogen-bond donors (Lipinski definition) is 1. The van der Waals surface area contributed by atoms with Crippen LogP contribution in [0.1, 0.15) is 32.9 Å². The highest BCUT2D eigenvalue weighted by atomic mass is 32.1. The van der Waals surface area contributed by atoms with Gasteiger partial charge in [-0.2, -0.15) is 0 Å². The third-order valence-electron chi connectivity index (χ3n) is 3.05. The maximum Gasteiger partial charge on any atom is 0.293 e. The van der Waals surface area contributed by atoms with Gasteiger partial charge in [-0.15, -0.1) is 11.3 Å². The number of aromatic nitrogens is 1. The number of anilines is 1. The fourth-order valence-corrected chi connectivity index (χ4v) is 2.80. The van der Waals surface area contributed by atoms with E-state index in [1.54, 1.807) is 23.5 Å². The van der Waals surface area contributed by atoms with Gasteiger partial charge in [0.1, 0.15) is 5.69 Å². The molecule has 1 N–H and O–H groups in total.